The van der Waals surface area contributed by atoms with E-state index in [1.54, 1.807) is 12.1 Å². The predicted molar refractivity (Wildman–Crippen MR) is 121 cm³/mol. The zero-order valence-corrected chi connectivity index (χ0v) is 18.6. The van der Waals surface area contributed by atoms with Crippen molar-refractivity contribution in [2.24, 2.45) is 17.3 Å². The van der Waals surface area contributed by atoms with Crippen LogP contribution >= 0.6 is 0 Å². The minimum Gasteiger partial charge on any atom is -0.274 e. The summed E-state index contributed by atoms with van der Waals surface area (Å²) in [5.74, 6) is -6.69. The molecule has 184 valence electrons. The summed E-state index contributed by atoms with van der Waals surface area (Å²) in [7, 11) is 0. The van der Waals surface area contributed by atoms with Crippen LogP contribution in [0, 0.1) is 60.1 Å². The number of amides is 4. The van der Waals surface area contributed by atoms with Crippen LogP contribution < -0.4 is 9.80 Å². The normalized spacial score (nSPS) is 19.6. The SMILES string of the molecule is N#CC(C#N)([C@H]1CC(=O)N(c2ccc([N+](=O)[O-])cc2)C1=O)[C@H]1CC(=O)N(c2ccc([N+](=O)[O-])cc2)C1=O. The number of nitrogens with zero attached hydrogens (tertiary/aromatic N) is 6. The van der Waals surface area contributed by atoms with Gasteiger partial charge >= 0.3 is 0 Å². The fourth-order valence-electron chi connectivity index (χ4n) is 4.54. The average Bonchev–Trinajstić information content (AvgIpc) is 3.35. The van der Waals surface area contributed by atoms with Crippen molar-refractivity contribution >= 4 is 46.4 Å². The Morgan fingerprint density at radius 2 is 1.03 bits per heavy atom. The van der Waals surface area contributed by atoms with Crippen molar-refractivity contribution in [3.63, 3.8) is 0 Å². The summed E-state index contributed by atoms with van der Waals surface area (Å²) >= 11 is 0. The van der Waals surface area contributed by atoms with Crippen LogP contribution in [-0.2, 0) is 19.2 Å². The molecule has 14 nitrogen and oxygen atoms in total. The molecule has 0 unspecified atom stereocenters. The topological polar surface area (TPSA) is 209 Å². The van der Waals surface area contributed by atoms with Crippen molar-refractivity contribution in [2.45, 2.75) is 12.8 Å². The summed E-state index contributed by atoms with van der Waals surface area (Å²) in [5, 5.41) is 41.8. The molecule has 0 aromatic heterocycles. The van der Waals surface area contributed by atoms with Crippen LogP contribution in [0.3, 0.4) is 0 Å². The lowest BCUT2D eigenvalue weighted by Crippen LogP contribution is -2.44. The molecule has 0 saturated carbocycles. The summed E-state index contributed by atoms with van der Waals surface area (Å²) in [6, 6.07) is 12.4. The molecule has 2 atom stereocenters. The number of hydrogen-bond acceptors (Lipinski definition) is 10. The number of nitro benzene ring substituents is 2. The van der Waals surface area contributed by atoms with Gasteiger partial charge < -0.3 is 0 Å². The van der Waals surface area contributed by atoms with Gasteiger partial charge in [-0.25, -0.2) is 0 Å². The van der Waals surface area contributed by atoms with E-state index in [-0.39, 0.29) is 22.7 Å². The van der Waals surface area contributed by atoms with Crippen LogP contribution in [0.2, 0.25) is 0 Å². The zero-order valence-electron chi connectivity index (χ0n) is 18.6. The van der Waals surface area contributed by atoms with Gasteiger partial charge in [0.25, 0.3) is 11.4 Å². The Balaban J connectivity index is 1.67. The van der Waals surface area contributed by atoms with Crippen molar-refractivity contribution in [1.29, 1.82) is 10.5 Å². The van der Waals surface area contributed by atoms with Gasteiger partial charge in [0.15, 0.2) is 5.41 Å². The van der Waals surface area contributed by atoms with Gasteiger partial charge in [-0.05, 0) is 24.3 Å². The largest absolute Gasteiger partial charge is 0.274 e. The maximum absolute atomic E-state index is 13.3. The zero-order chi connectivity index (χ0) is 27.1. The van der Waals surface area contributed by atoms with Crippen molar-refractivity contribution in [2.75, 3.05) is 9.80 Å². The van der Waals surface area contributed by atoms with E-state index in [1.165, 1.54) is 0 Å². The lowest BCUT2D eigenvalue weighted by Gasteiger charge is -2.28. The van der Waals surface area contributed by atoms with E-state index in [0.717, 1.165) is 48.5 Å². The first-order chi connectivity index (χ1) is 17.5. The maximum atomic E-state index is 13.3. The van der Waals surface area contributed by atoms with E-state index in [2.05, 4.69) is 0 Å². The average molecular weight is 502 g/mol. The summed E-state index contributed by atoms with van der Waals surface area (Å²) in [5.41, 5.74) is -3.00. The summed E-state index contributed by atoms with van der Waals surface area (Å²) in [6.45, 7) is 0. The van der Waals surface area contributed by atoms with Gasteiger partial charge in [-0.15, -0.1) is 0 Å². The van der Waals surface area contributed by atoms with E-state index in [0.29, 0.717) is 9.80 Å². The lowest BCUT2D eigenvalue weighted by molar-refractivity contribution is -0.385. The van der Waals surface area contributed by atoms with Gasteiger partial charge in [0, 0.05) is 37.1 Å². The Hall–Kier alpha value is -5.50. The standard InChI is InChI=1S/C23H14N6O8/c24-11-23(12-25,17-9-19(30)26(21(17)32)13-1-5-15(6-2-13)28(34)35)18-10-20(31)27(22(18)33)14-3-7-16(8-4-14)29(36)37/h1-8,17-18H,9-10H2/t17-,18-/m0/s1. The quantitative estimate of drug-likeness (QED) is 0.318. The fourth-order valence-corrected chi connectivity index (χ4v) is 4.54. The minimum atomic E-state index is -2.38. The van der Waals surface area contributed by atoms with Gasteiger partial charge in [-0.3, -0.25) is 49.2 Å². The van der Waals surface area contributed by atoms with E-state index >= 15 is 0 Å². The molecule has 2 aliphatic rings. The van der Waals surface area contributed by atoms with Crippen LogP contribution in [0.5, 0.6) is 0 Å². The molecule has 2 fully saturated rings. The number of non-ortho nitro benzene ring substituents is 2. The summed E-state index contributed by atoms with van der Waals surface area (Å²) in [6.07, 6.45) is -1.21. The number of nitro groups is 2. The highest BCUT2D eigenvalue weighted by molar-refractivity contribution is 6.24. The van der Waals surface area contributed by atoms with Crippen LogP contribution in [0.15, 0.2) is 48.5 Å². The molecule has 2 aromatic carbocycles. The maximum Gasteiger partial charge on any atom is 0.269 e. The number of carbonyl (C=O) groups excluding carboxylic acids is 4. The molecule has 2 aliphatic heterocycles. The Labute approximate surface area is 207 Å². The highest BCUT2D eigenvalue weighted by atomic mass is 16.6. The second-order valence-corrected chi connectivity index (χ2v) is 8.29. The van der Waals surface area contributed by atoms with Crippen molar-refractivity contribution in [1.82, 2.24) is 0 Å². The van der Waals surface area contributed by atoms with Crippen LogP contribution in [-0.4, -0.2) is 33.5 Å². The van der Waals surface area contributed by atoms with Gasteiger partial charge in [-0.1, -0.05) is 0 Å². The summed E-state index contributed by atoms with van der Waals surface area (Å²) < 4.78 is 0. The molecular formula is C23H14N6O8. The first-order valence-corrected chi connectivity index (χ1v) is 10.6. The molecular weight excluding hydrogens is 488 g/mol. The Kier molecular flexibility index (Phi) is 5.95. The number of hydrogen-bond donors (Lipinski definition) is 0. The molecule has 37 heavy (non-hydrogen) atoms. The van der Waals surface area contributed by atoms with Crippen molar-refractivity contribution in [3.05, 3.63) is 68.8 Å². The highest BCUT2D eigenvalue weighted by Gasteiger charge is 2.62. The van der Waals surface area contributed by atoms with E-state index in [4.69, 9.17) is 0 Å². The summed E-state index contributed by atoms with van der Waals surface area (Å²) in [4.78, 5) is 73.9. The second-order valence-electron chi connectivity index (χ2n) is 8.29. The third kappa shape index (κ3) is 3.82. The number of nitriles is 2. The number of anilines is 2. The molecule has 2 heterocycles. The smallest absolute Gasteiger partial charge is 0.269 e. The monoisotopic (exact) mass is 502 g/mol. The lowest BCUT2D eigenvalue weighted by atomic mass is 9.67. The third-order valence-electron chi connectivity index (χ3n) is 6.40. The van der Waals surface area contributed by atoms with E-state index in [9.17, 15) is 49.9 Å². The molecule has 4 rings (SSSR count). The van der Waals surface area contributed by atoms with Crippen LogP contribution in [0.1, 0.15) is 12.8 Å². The second kappa shape index (κ2) is 8.94. The molecule has 14 heteroatoms. The van der Waals surface area contributed by atoms with Crippen LogP contribution in [0.25, 0.3) is 0 Å². The Morgan fingerprint density at radius 1 is 0.703 bits per heavy atom. The first kappa shape index (κ1) is 24.6. The molecule has 2 aromatic rings. The van der Waals surface area contributed by atoms with Crippen molar-refractivity contribution in [3.8, 4) is 12.1 Å². The fraction of sp³-hybridized carbons (Fsp3) is 0.217. The van der Waals surface area contributed by atoms with E-state index in [1.807, 2.05) is 0 Å². The van der Waals surface area contributed by atoms with Gasteiger partial charge in [-0.2, -0.15) is 10.5 Å². The molecule has 0 radical (unpaired) electrons. The van der Waals surface area contributed by atoms with E-state index < -0.39 is 63.6 Å². The third-order valence-corrected chi connectivity index (χ3v) is 6.40. The van der Waals surface area contributed by atoms with Gasteiger partial charge in [0.1, 0.15) is 0 Å². The molecule has 0 spiro atoms. The van der Waals surface area contributed by atoms with Crippen LogP contribution in [0.4, 0.5) is 22.7 Å². The molecule has 2 saturated heterocycles. The number of benzene rings is 2. The highest BCUT2D eigenvalue weighted by Crippen LogP contribution is 2.47. The number of carbonyl (C=O) groups is 4. The first-order valence-electron chi connectivity index (χ1n) is 10.6. The number of imide groups is 2. The predicted octanol–water partition coefficient (Wildman–Crippen LogP) is 2.00. The van der Waals surface area contributed by atoms with Gasteiger partial charge in [0.2, 0.25) is 23.6 Å². The molecule has 4 amide bonds. The molecule has 0 bridgehead atoms. The Bertz CT molecular complexity index is 1340. The Morgan fingerprint density at radius 3 is 1.30 bits per heavy atom. The van der Waals surface area contributed by atoms with Crippen molar-refractivity contribution < 1.29 is 29.0 Å². The number of rotatable bonds is 6. The molecule has 0 aliphatic carbocycles. The minimum absolute atomic E-state index is 0.0192. The molecule has 0 N–H and O–H groups in total. The van der Waals surface area contributed by atoms with Gasteiger partial charge in [0.05, 0.1) is 45.2 Å².